The molecule has 6 rings (SSSR count). The van der Waals surface area contributed by atoms with Crippen molar-refractivity contribution >= 4 is 11.8 Å². The lowest BCUT2D eigenvalue weighted by Gasteiger charge is -2.52. The van der Waals surface area contributed by atoms with E-state index in [1.165, 1.54) is 35.2 Å². The maximum atomic E-state index is 14.7. The van der Waals surface area contributed by atoms with Crippen molar-refractivity contribution in [3.63, 3.8) is 0 Å². The van der Waals surface area contributed by atoms with Crippen LogP contribution in [0.4, 0.5) is 23.7 Å². The van der Waals surface area contributed by atoms with Gasteiger partial charge in [-0.2, -0.15) is 0 Å². The number of benzene rings is 3. The van der Waals surface area contributed by atoms with E-state index in [0.717, 1.165) is 30.4 Å². The Labute approximate surface area is 214 Å². The Morgan fingerprint density at radius 2 is 1.57 bits per heavy atom. The number of amides is 1. The minimum absolute atomic E-state index is 0.0495. The number of nitrogens with zero attached hydrogens (tertiary/aromatic N) is 2. The summed E-state index contributed by atoms with van der Waals surface area (Å²) < 4.78 is 54.5. The molecule has 0 aromatic heterocycles. The van der Waals surface area contributed by atoms with Crippen molar-refractivity contribution in [3.05, 3.63) is 95.8 Å². The molecule has 37 heavy (non-hydrogen) atoms. The quantitative estimate of drug-likeness (QED) is 0.352. The van der Waals surface area contributed by atoms with Gasteiger partial charge in [0.1, 0.15) is 31.3 Å². The van der Waals surface area contributed by atoms with Crippen LogP contribution >= 0.6 is 0 Å². The Kier molecular flexibility index (Phi) is 7.37. The Bertz CT molecular complexity index is 1230. The van der Waals surface area contributed by atoms with Crippen LogP contribution in [0.3, 0.4) is 0 Å². The van der Waals surface area contributed by atoms with Crippen molar-refractivity contribution in [1.29, 1.82) is 0 Å². The van der Waals surface area contributed by atoms with Gasteiger partial charge in [0, 0.05) is 18.8 Å². The van der Waals surface area contributed by atoms with Crippen LogP contribution in [0, 0.1) is 23.4 Å². The smallest absolute Gasteiger partial charge is 0.415 e. The lowest BCUT2D eigenvalue weighted by atomic mass is 9.83. The normalized spacial score (nSPS) is 22.5. The Morgan fingerprint density at radius 3 is 2.27 bits per heavy atom. The van der Waals surface area contributed by atoms with E-state index in [0.29, 0.717) is 25.3 Å². The maximum Gasteiger partial charge on any atom is 0.415 e. The highest BCUT2D eigenvalue weighted by Crippen LogP contribution is 2.36. The molecule has 0 unspecified atom stereocenters. The topological polar surface area (TPSA) is 38.8 Å². The van der Waals surface area contributed by atoms with Gasteiger partial charge in [0.15, 0.2) is 17.7 Å². The molecule has 0 saturated carbocycles. The Hall–Kier alpha value is -3.52. The molecule has 3 saturated heterocycles. The highest BCUT2D eigenvalue weighted by Gasteiger charge is 2.48. The first-order valence-electron chi connectivity index (χ1n) is 12.6. The highest BCUT2D eigenvalue weighted by molar-refractivity contribution is 5.87. The van der Waals surface area contributed by atoms with Crippen LogP contribution < -0.4 is 9.64 Å². The Morgan fingerprint density at radius 1 is 0.892 bits per heavy atom. The van der Waals surface area contributed by atoms with Crippen molar-refractivity contribution in [2.45, 2.75) is 25.5 Å². The van der Waals surface area contributed by atoms with E-state index in [2.05, 4.69) is 0 Å². The molecule has 1 atom stereocenters. The van der Waals surface area contributed by atoms with Gasteiger partial charge in [-0.1, -0.05) is 36.4 Å². The van der Waals surface area contributed by atoms with Gasteiger partial charge < -0.3 is 14.0 Å². The number of fused-ring (bicyclic) bond motifs is 3. The zero-order chi connectivity index (χ0) is 25.8. The van der Waals surface area contributed by atoms with Crippen LogP contribution in [-0.4, -0.2) is 49.5 Å². The number of hydrogen-bond donors (Lipinski definition) is 0. The second-order valence-corrected chi connectivity index (χ2v) is 9.90. The molecule has 3 aliphatic heterocycles. The fourth-order valence-electron chi connectivity index (χ4n) is 5.46. The number of halogens is 3. The summed E-state index contributed by atoms with van der Waals surface area (Å²) in [5, 5.41) is 0. The third-order valence-electron chi connectivity index (χ3n) is 7.57. The fraction of sp³-hybridized carbons (Fsp3) is 0.345. The number of carbonyl (C=O) groups is 1. The van der Waals surface area contributed by atoms with E-state index in [1.54, 1.807) is 42.5 Å². The van der Waals surface area contributed by atoms with Gasteiger partial charge in [-0.15, -0.1) is 0 Å². The molecular formula is C29H30F3N2O3+. The van der Waals surface area contributed by atoms with Gasteiger partial charge in [0.25, 0.3) is 0 Å². The standard InChI is InChI=1S/C29H30F3N2O3/c30-23-11-9-21(10-12-23)19-33(26-7-3-1-5-24(26)31)29(35)37-28-20-34(15-13-22(28)14-16-34)17-18-36-27-8-4-2-6-25(27)32/h1-12,22,28H,13-20H2/q+1/t22?,28-,34?/m0/s1. The molecule has 3 aromatic rings. The molecular weight excluding hydrogens is 481 g/mol. The number of piperidine rings is 3. The monoisotopic (exact) mass is 511 g/mol. The average Bonchev–Trinajstić information content (AvgIpc) is 2.90. The number of rotatable bonds is 8. The number of anilines is 1. The van der Waals surface area contributed by atoms with E-state index in [4.69, 9.17) is 9.47 Å². The first kappa shape index (κ1) is 25.1. The summed E-state index contributed by atoms with van der Waals surface area (Å²) in [4.78, 5) is 14.7. The number of hydrogen-bond acceptors (Lipinski definition) is 3. The van der Waals surface area contributed by atoms with Crippen molar-refractivity contribution in [2.75, 3.05) is 37.7 Å². The SMILES string of the molecule is O=C(O[C@H]1C[N+]2(CCOc3ccccc3F)CCC1CC2)N(Cc1ccc(F)cc1)c1ccccc1F. The van der Waals surface area contributed by atoms with Crippen LogP contribution in [0.5, 0.6) is 5.75 Å². The van der Waals surface area contributed by atoms with Crippen LogP contribution in [-0.2, 0) is 11.3 Å². The van der Waals surface area contributed by atoms with E-state index < -0.39 is 11.9 Å². The molecule has 0 radical (unpaired) electrons. The summed E-state index contributed by atoms with van der Waals surface area (Å²) in [5.41, 5.74) is 0.768. The third kappa shape index (κ3) is 5.74. The van der Waals surface area contributed by atoms with E-state index >= 15 is 0 Å². The van der Waals surface area contributed by atoms with Gasteiger partial charge in [-0.3, -0.25) is 4.90 Å². The highest BCUT2D eigenvalue weighted by atomic mass is 19.1. The molecule has 8 heteroatoms. The zero-order valence-electron chi connectivity index (χ0n) is 20.5. The second kappa shape index (κ2) is 10.8. The predicted molar refractivity (Wildman–Crippen MR) is 134 cm³/mol. The van der Waals surface area contributed by atoms with Crippen molar-refractivity contribution in [2.24, 2.45) is 5.92 Å². The lowest BCUT2D eigenvalue weighted by molar-refractivity contribution is -0.946. The Balaban J connectivity index is 1.28. The maximum absolute atomic E-state index is 14.7. The lowest BCUT2D eigenvalue weighted by Crippen LogP contribution is -2.65. The largest absolute Gasteiger partial charge is 0.485 e. The molecule has 3 fully saturated rings. The molecule has 0 N–H and O–H groups in total. The molecule has 5 nitrogen and oxygen atoms in total. The second-order valence-electron chi connectivity index (χ2n) is 9.90. The molecule has 3 heterocycles. The molecule has 194 valence electrons. The van der Waals surface area contributed by atoms with E-state index in [9.17, 15) is 18.0 Å². The van der Waals surface area contributed by atoms with Crippen molar-refractivity contribution in [1.82, 2.24) is 0 Å². The molecule has 1 amide bonds. The molecule has 0 aliphatic carbocycles. The first-order valence-corrected chi connectivity index (χ1v) is 12.6. The van der Waals surface area contributed by atoms with Gasteiger partial charge >= 0.3 is 6.09 Å². The van der Waals surface area contributed by atoms with Crippen LogP contribution in [0.2, 0.25) is 0 Å². The average molecular weight is 512 g/mol. The van der Waals surface area contributed by atoms with Gasteiger partial charge in [0.05, 0.1) is 25.3 Å². The van der Waals surface area contributed by atoms with Crippen LogP contribution in [0.25, 0.3) is 0 Å². The van der Waals surface area contributed by atoms with Crippen LogP contribution in [0.1, 0.15) is 18.4 Å². The minimum Gasteiger partial charge on any atom is -0.485 e. The van der Waals surface area contributed by atoms with Crippen molar-refractivity contribution < 1.29 is 31.9 Å². The number of carbonyl (C=O) groups excluding carboxylic acids is 1. The summed E-state index contributed by atoms with van der Waals surface area (Å²) in [7, 11) is 0. The van der Waals surface area contributed by atoms with Crippen LogP contribution in [0.15, 0.2) is 72.8 Å². The summed E-state index contributed by atoms with van der Waals surface area (Å²) in [6, 6.07) is 18.2. The number of quaternary nitrogens is 1. The predicted octanol–water partition coefficient (Wildman–Crippen LogP) is 5.94. The van der Waals surface area contributed by atoms with Gasteiger partial charge in [-0.25, -0.2) is 18.0 Å². The summed E-state index contributed by atoms with van der Waals surface area (Å²) in [5.74, 6) is -0.837. The summed E-state index contributed by atoms with van der Waals surface area (Å²) in [6.07, 6.45) is 0.879. The number of ether oxygens (including phenoxy) is 2. The van der Waals surface area contributed by atoms with Crippen molar-refractivity contribution in [3.8, 4) is 5.75 Å². The fourth-order valence-corrected chi connectivity index (χ4v) is 5.46. The molecule has 3 aliphatic rings. The molecule has 0 spiro atoms. The van der Waals surface area contributed by atoms with Gasteiger partial charge in [-0.05, 0) is 42.0 Å². The number of para-hydroxylation sites is 2. The molecule has 2 bridgehead atoms. The van der Waals surface area contributed by atoms with E-state index in [-0.39, 0.29) is 41.6 Å². The van der Waals surface area contributed by atoms with E-state index in [1.807, 2.05) is 0 Å². The third-order valence-corrected chi connectivity index (χ3v) is 7.57. The minimum atomic E-state index is -0.631. The zero-order valence-corrected chi connectivity index (χ0v) is 20.5. The van der Waals surface area contributed by atoms with Gasteiger partial charge in [0.2, 0.25) is 0 Å². The first-order chi connectivity index (χ1) is 17.9. The molecule has 3 aromatic carbocycles. The summed E-state index contributed by atoms with van der Waals surface area (Å²) in [6.45, 7) is 3.63. The summed E-state index contributed by atoms with van der Waals surface area (Å²) >= 11 is 0.